The second-order valence-corrected chi connectivity index (χ2v) is 7.20. The molecule has 0 spiro atoms. The Morgan fingerprint density at radius 1 is 1.23 bits per heavy atom. The van der Waals surface area contributed by atoms with E-state index in [0.717, 1.165) is 13.0 Å². The minimum atomic E-state index is -3.47. The van der Waals surface area contributed by atoms with Crippen LogP contribution in [0, 0.1) is 5.92 Å². The van der Waals surface area contributed by atoms with Gasteiger partial charge >= 0.3 is 0 Å². The van der Waals surface area contributed by atoms with Crippen LogP contribution in [-0.2, 0) is 14.8 Å². The summed E-state index contributed by atoms with van der Waals surface area (Å²) in [7, 11) is -2.13. The van der Waals surface area contributed by atoms with Crippen LogP contribution in [0.5, 0.6) is 0 Å². The molecule has 0 heterocycles. The summed E-state index contributed by atoms with van der Waals surface area (Å²) in [5, 5.41) is 2.78. The van der Waals surface area contributed by atoms with Crippen molar-refractivity contribution in [2.45, 2.75) is 25.2 Å². The lowest BCUT2D eigenvalue weighted by atomic mass is 10.2. The van der Waals surface area contributed by atoms with Crippen LogP contribution >= 0.6 is 0 Å². The van der Waals surface area contributed by atoms with Gasteiger partial charge in [-0.15, -0.1) is 0 Å². The smallest absolute Gasteiger partial charge is 0.251 e. The molecule has 1 aromatic rings. The average Bonchev–Trinajstić information content (AvgIpc) is 2.50. The normalized spacial score (nSPS) is 11.6. The zero-order valence-electron chi connectivity index (χ0n) is 13.3. The van der Waals surface area contributed by atoms with Gasteiger partial charge in [-0.25, -0.2) is 13.1 Å². The highest BCUT2D eigenvalue weighted by molar-refractivity contribution is 7.89. The van der Waals surface area contributed by atoms with E-state index in [9.17, 15) is 13.2 Å². The molecule has 0 saturated carbocycles. The van der Waals surface area contributed by atoms with Crippen LogP contribution < -0.4 is 10.0 Å². The molecule has 0 aliphatic carbocycles. The summed E-state index contributed by atoms with van der Waals surface area (Å²) < 4.78 is 30.8. The minimum absolute atomic E-state index is 0.133. The van der Waals surface area contributed by atoms with E-state index in [1.165, 1.54) is 31.3 Å². The van der Waals surface area contributed by atoms with Gasteiger partial charge in [0.05, 0.1) is 4.90 Å². The number of rotatable bonds is 9. The highest BCUT2D eigenvalue weighted by atomic mass is 32.2. The largest absolute Gasteiger partial charge is 0.381 e. The highest BCUT2D eigenvalue weighted by Crippen LogP contribution is 2.10. The van der Waals surface area contributed by atoms with Crippen molar-refractivity contribution < 1.29 is 17.9 Å². The molecule has 124 valence electrons. The van der Waals surface area contributed by atoms with E-state index in [1.807, 2.05) is 0 Å². The van der Waals surface area contributed by atoms with E-state index in [-0.39, 0.29) is 10.8 Å². The summed E-state index contributed by atoms with van der Waals surface area (Å²) in [6, 6.07) is 5.81. The quantitative estimate of drug-likeness (QED) is 0.671. The molecule has 2 N–H and O–H groups in total. The number of ether oxygens (including phenoxy) is 1. The predicted octanol–water partition coefficient (Wildman–Crippen LogP) is 1.39. The third-order valence-corrected chi connectivity index (χ3v) is 4.33. The lowest BCUT2D eigenvalue weighted by molar-refractivity contribution is 0.0925. The fraction of sp³-hybridized carbons (Fsp3) is 0.533. The van der Waals surface area contributed by atoms with Gasteiger partial charge in [-0.05, 0) is 43.7 Å². The number of hydrogen-bond donors (Lipinski definition) is 2. The summed E-state index contributed by atoms with van der Waals surface area (Å²) in [6.45, 7) is 6.01. The number of carbonyl (C=O) groups is 1. The van der Waals surface area contributed by atoms with Crippen molar-refractivity contribution in [1.82, 2.24) is 10.0 Å². The Morgan fingerprint density at radius 3 is 2.41 bits per heavy atom. The summed E-state index contributed by atoms with van der Waals surface area (Å²) in [5.74, 6) is 0.277. The van der Waals surface area contributed by atoms with Gasteiger partial charge in [-0.3, -0.25) is 4.79 Å². The fourth-order valence-electron chi connectivity index (χ4n) is 1.70. The molecule has 0 bridgehead atoms. The minimum Gasteiger partial charge on any atom is -0.381 e. The summed E-state index contributed by atoms with van der Waals surface area (Å²) in [6.07, 6.45) is 0.741. The standard InChI is InChI=1S/C15H24N2O4S/c1-12(2)11-21-10-4-9-17-15(18)13-5-7-14(8-6-13)22(19,20)16-3/h5-8,12,16H,4,9-11H2,1-3H3,(H,17,18). The first kappa shape index (κ1) is 18.6. The molecule has 0 atom stereocenters. The van der Waals surface area contributed by atoms with Crippen molar-refractivity contribution in [2.75, 3.05) is 26.8 Å². The highest BCUT2D eigenvalue weighted by Gasteiger charge is 2.12. The lowest BCUT2D eigenvalue weighted by Gasteiger charge is -2.08. The Balaban J connectivity index is 2.40. The molecule has 0 aromatic heterocycles. The Bertz CT molecular complexity index is 568. The number of amides is 1. The van der Waals surface area contributed by atoms with E-state index < -0.39 is 10.0 Å². The van der Waals surface area contributed by atoms with Gasteiger partial charge in [0.2, 0.25) is 10.0 Å². The van der Waals surface area contributed by atoms with E-state index in [0.29, 0.717) is 24.6 Å². The first-order valence-corrected chi connectivity index (χ1v) is 8.74. The number of sulfonamides is 1. The van der Waals surface area contributed by atoms with Crippen molar-refractivity contribution >= 4 is 15.9 Å². The summed E-state index contributed by atoms with van der Waals surface area (Å²) >= 11 is 0. The second kappa shape index (κ2) is 8.87. The average molecular weight is 328 g/mol. The molecular weight excluding hydrogens is 304 g/mol. The maximum Gasteiger partial charge on any atom is 0.251 e. The maximum absolute atomic E-state index is 11.9. The molecule has 1 rings (SSSR count). The fourth-order valence-corrected chi connectivity index (χ4v) is 2.43. The van der Waals surface area contributed by atoms with Gasteiger partial charge in [0.15, 0.2) is 0 Å². The Labute approximate surface area is 132 Å². The molecule has 7 heteroatoms. The van der Waals surface area contributed by atoms with E-state index in [2.05, 4.69) is 23.9 Å². The Morgan fingerprint density at radius 2 is 1.86 bits per heavy atom. The van der Waals surface area contributed by atoms with Crippen LogP contribution in [0.1, 0.15) is 30.6 Å². The summed E-state index contributed by atoms with van der Waals surface area (Å²) in [5.41, 5.74) is 0.429. The molecule has 1 aromatic carbocycles. The van der Waals surface area contributed by atoms with Crippen LogP contribution in [0.2, 0.25) is 0 Å². The van der Waals surface area contributed by atoms with Crippen molar-refractivity contribution in [3.05, 3.63) is 29.8 Å². The Kier molecular flexibility index (Phi) is 7.50. The van der Waals surface area contributed by atoms with Gasteiger partial charge in [-0.2, -0.15) is 0 Å². The molecular formula is C15H24N2O4S. The number of carbonyl (C=O) groups excluding carboxylic acids is 1. The number of benzene rings is 1. The monoisotopic (exact) mass is 328 g/mol. The Hall–Kier alpha value is -1.44. The van der Waals surface area contributed by atoms with Gasteiger partial charge in [0.1, 0.15) is 0 Å². The predicted molar refractivity (Wildman–Crippen MR) is 85.3 cm³/mol. The summed E-state index contributed by atoms with van der Waals surface area (Å²) in [4.78, 5) is 12.0. The van der Waals surface area contributed by atoms with Gasteiger partial charge in [-0.1, -0.05) is 13.8 Å². The third kappa shape index (κ3) is 6.13. The van der Waals surface area contributed by atoms with Gasteiger partial charge < -0.3 is 10.1 Å². The van der Waals surface area contributed by atoms with Crippen molar-refractivity contribution in [2.24, 2.45) is 5.92 Å². The number of hydrogen-bond acceptors (Lipinski definition) is 4. The van der Waals surface area contributed by atoms with Crippen LogP contribution in [0.15, 0.2) is 29.2 Å². The zero-order valence-corrected chi connectivity index (χ0v) is 14.1. The van der Waals surface area contributed by atoms with Crippen LogP contribution in [0.4, 0.5) is 0 Å². The van der Waals surface area contributed by atoms with Crippen molar-refractivity contribution in [1.29, 1.82) is 0 Å². The molecule has 1 amide bonds. The molecule has 6 nitrogen and oxygen atoms in total. The molecule has 0 fully saturated rings. The molecule has 0 unspecified atom stereocenters. The first-order chi connectivity index (χ1) is 10.4. The molecule has 0 aliphatic heterocycles. The van der Waals surface area contributed by atoms with Crippen LogP contribution in [0.25, 0.3) is 0 Å². The van der Waals surface area contributed by atoms with Crippen molar-refractivity contribution in [3.63, 3.8) is 0 Å². The molecule has 0 radical (unpaired) electrons. The molecule has 0 saturated heterocycles. The van der Waals surface area contributed by atoms with Crippen LogP contribution in [0.3, 0.4) is 0 Å². The third-order valence-electron chi connectivity index (χ3n) is 2.90. The topological polar surface area (TPSA) is 84.5 Å². The lowest BCUT2D eigenvalue weighted by Crippen LogP contribution is -2.25. The van der Waals surface area contributed by atoms with Crippen molar-refractivity contribution in [3.8, 4) is 0 Å². The molecule has 22 heavy (non-hydrogen) atoms. The SMILES string of the molecule is CNS(=O)(=O)c1ccc(C(=O)NCCCOCC(C)C)cc1. The van der Waals surface area contributed by atoms with Crippen LogP contribution in [-0.4, -0.2) is 41.1 Å². The maximum atomic E-state index is 11.9. The first-order valence-electron chi connectivity index (χ1n) is 7.26. The van der Waals surface area contributed by atoms with E-state index in [4.69, 9.17) is 4.74 Å². The number of nitrogens with one attached hydrogen (secondary N) is 2. The molecule has 0 aliphatic rings. The zero-order chi connectivity index (χ0) is 16.6. The van der Waals surface area contributed by atoms with E-state index in [1.54, 1.807) is 0 Å². The van der Waals surface area contributed by atoms with Gasteiger partial charge in [0.25, 0.3) is 5.91 Å². The second-order valence-electron chi connectivity index (χ2n) is 5.31. The van der Waals surface area contributed by atoms with E-state index >= 15 is 0 Å². The van der Waals surface area contributed by atoms with Gasteiger partial charge in [0, 0.05) is 25.3 Å².